The summed E-state index contributed by atoms with van der Waals surface area (Å²) in [6, 6.07) is 6.49. The smallest absolute Gasteiger partial charge is 0.328 e. The SMILES string of the molecule is CCC(CO)NC(=O)C1C=C2c3cccc4[nH]cc(c34)CC2N(C)C1.O=C(O)/C=C/C(=O)O. The number of aliphatic hydroxyl groups is 1. The number of aliphatic carboxylic acids is 2. The van der Waals surface area contributed by atoms with Gasteiger partial charge in [-0.1, -0.05) is 25.1 Å². The molecule has 2 aromatic rings. The quantitative estimate of drug-likeness (QED) is 0.417. The average molecular weight is 456 g/mol. The Hall–Kier alpha value is -3.43. The van der Waals surface area contributed by atoms with Crippen molar-refractivity contribution in [3.63, 3.8) is 0 Å². The largest absolute Gasteiger partial charge is 0.478 e. The number of hydrogen-bond donors (Lipinski definition) is 5. The van der Waals surface area contributed by atoms with E-state index in [0.717, 1.165) is 18.4 Å². The first-order chi connectivity index (χ1) is 15.7. The number of aliphatic hydroxyl groups excluding tert-OH is 1. The Kier molecular flexibility index (Phi) is 7.67. The van der Waals surface area contributed by atoms with E-state index in [1.807, 2.05) is 6.92 Å². The van der Waals surface area contributed by atoms with Crippen molar-refractivity contribution in [2.24, 2.45) is 5.92 Å². The molecule has 0 radical (unpaired) electrons. The average Bonchev–Trinajstić information content (AvgIpc) is 3.21. The lowest BCUT2D eigenvalue weighted by Gasteiger charge is -2.39. The van der Waals surface area contributed by atoms with Crippen molar-refractivity contribution in [1.82, 2.24) is 15.2 Å². The van der Waals surface area contributed by atoms with Crippen molar-refractivity contribution in [2.45, 2.75) is 31.8 Å². The molecule has 0 spiro atoms. The van der Waals surface area contributed by atoms with Crippen LogP contribution in [-0.2, 0) is 20.8 Å². The van der Waals surface area contributed by atoms with E-state index in [-0.39, 0.29) is 24.5 Å². The van der Waals surface area contributed by atoms with E-state index in [4.69, 9.17) is 10.2 Å². The number of carbonyl (C=O) groups excluding carboxylic acids is 1. The molecule has 1 aliphatic heterocycles. The minimum Gasteiger partial charge on any atom is -0.478 e. The number of rotatable bonds is 6. The molecule has 3 unspecified atom stereocenters. The predicted molar refractivity (Wildman–Crippen MR) is 124 cm³/mol. The second kappa shape index (κ2) is 10.5. The van der Waals surface area contributed by atoms with E-state index in [1.165, 1.54) is 22.1 Å². The summed E-state index contributed by atoms with van der Waals surface area (Å²) >= 11 is 0. The molecule has 4 rings (SSSR count). The highest BCUT2D eigenvalue weighted by Crippen LogP contribution is 2.40. The normalized spacial score (nSPS) is 20.4. The van der Waals surface area contributed by atoms with Crippen molar-refractivity contribution in [3.05, 3.63) is 53.8 Å². The van der Waals surface area contributed by atoms with Crippen LogP contribution in [0.4, 0.5) is 0 Å². The van der Waals surface area contributed by atoms with Gasteiger partial charge in [-0.25, -0.2) is 9.59 Å². The summed E-state index contributed by atoms with van der Waals surface area (Å²) in [6.45, 7) is 2.66. The second-order valence-corrected chi connectivity index (χ2v) is 8.24. The van der Waals surface area contributed by atoms with Gasteiger partial charge in [-0.05, 0) is 42.7 Å². The van der Waals surface area contributed by atoms with Gasteiger partial charge in [0, 0.05) is 41.8 Å². The number of carboxylic acids is 2. The fourth-order valence-electron chi connectivity index (χ4n) is 4.34. The van der Waals surface area contributed by atoms with E-state index >= 15 is 0 Å². The third-order valence-corrected chi connectivity index (χ3v) is 6.03. The van der Waals surface area contributed by atoms with E-state index in [0.29, 0.717) is 24.7 Å². The van der Waals surface area contributed by atoms with E-state index in [9.17, 15) is 19.5 Å². The molecule has 1 aromatic carbocycles. The molecule has 1 aromatic heterocycles. The molecule has 9 nitrogen and oxygen atoms in total. The van der Waals surface area contributed by atoms with Crippen molar-refractivity contribution >= 4 is 34.3 Å². The Morgan fingerprint density at radius 2 is 1.94 bits per heavy atom. The van der Waals surface area contributed by atoms with Crippen LogP contribution in [0.3, 0.4) is 0 Å². The Morgan fingerprint density at radius 1 is 1.24 bits per heavy atom. The Labute approximate surface area is 191 Å². The first-order valence-corrected chi connectivity index (χ1v) is 10.8. The van der Waals surface area contributed by atoms with Crippen molar-refractivity contribution in [3.8, 4) is 0 Å². The van der Waals surface area contributed by atoms with Crippen LogP contribution in [-0.4, -0.2) is 75.3 Å². The van der Waals surface area contributed by atoms with Crippen LogP contribution >= 0.6 is 0 Å². The summed E-state index contributed by atoms with van der Waals surface area (Å²) in [7, 11) is 2.10. The van der Waals surface area contributed by atoms with Gasteiger partial charge in [0.25, 0.3) is 0 Å². The first-order valence-electron chi connectivity index (χ1n) is 10.8. The molecule has 176 valence electrons. The number of aromatic amines is 1. The van der Waals surface area contributed by atoms with Gasteiger partial charge >= 0.3 is 11.9 Å². The number of aromatic nitrogens is 1. The van der Waals surface area contributed by atoms with E-state index in [2.05, 4.69) is 52.7 Å². The van der Waals surface area contributed by atoms with Gasteiger partial charge in [0.2, 0.25) is 5.91 Å². The van der Waals surface area contributed by atoms with Gasteiger partial charge in [-0.15, -0.1) is 0 Å². The molecule has 3 atom stereocenters. The highest BCUT2D eigenvalue weighted by atomic mass is 16.4. The summed E-state index contributed by atoms with van der Waals surface area (Å²) in [4.78, 5) is 37.4. The molecule has 0 fully saturated rings. The molecule has 2 aliphatic rings. The molecular weight excluding hydrogens is 426 g/mol. The number of carbonyl (C=O) groups is 3. The van der Waals surface area contributed by atoms with Crippen LogP contribution in [0.5, 0.6) is 0 Å². The number of likely N-dealkylation sites (N-methyl/N-ethyl adjacent to an activating group) is 1. The highest BCUT2D eigenvalue weighted by molar-refractivity contribution is 5.99. The van der Waals surface area contributed by atoms with Crippen LogP contribution in [0.25, 0.3) is 16.5 Å². The molecule has 0 bridgehead atoms. The summed E-state index contributed by atoms with van der Waals surface area (Å²) in [5.74, 6) is -2.70. The summed E-state index contributed by atoms with van der Waals surface area (Å²) in [6.07, 6.45) is 7.09. The molecule has 2 heterocycles. The summed E-state index contributed by atoms with van der Waals surface area (Å²) < 4.78 is 0. The molecular formula is C24H29N3O6. The van der Waals surface area contributed by atoms with Crippen molar-refractivity contribution in [2.75, 3.05) is 20.2 Å². The molecule has 1 aliphatic carbocycles. The van der Waals surface area contributed by atoms with Gasteiger partial charge in [-0.3, -0.25) is 9.69 Å². The maximum absolute atomic E-state index is 12.7. The van der Waals surface area contributed by atoms with Gasteiger partial charge in [0.05, 0.1) is 18.6 Å². The third-order valence-electron chi connectivity index (χ3n) is 6.03. The lowest BCUT2D eigenvalue weighted by molar-refractivity contribution is -0.134. The zero-order valence-electron chi connectivity index (χ0n) is 18.6. The molecule has 0 saturated carbocycles. The number of fused-ring (bicyclic) bond motifs is 2. The summed E-state index contributed by atoms with van der Waals surface area (Å²) in [5.41, 5.74) is 5.01. The van der Waals surface area contributed by atoms with E-state index < -0.39 is 11.9 Å². The van der Waals surface area contributed by atoms with Crippen molar-refractivity contribution < 1.29 is 29.7 Å². The monoisotopic (exact) mass is 455 g/mol. The number of hydrogen-bond acceptors (Lipinski definition) is 5. The number of nitrogens with one attached hydrogen (secondary N) is 2. The predicted octanol–water partition coefficient (Wildman–Crippen LogP) is 1.64. The molecule has 9 heteroatoms. The second-order valence-electron chi connectivity index (χ2n) is 8.24. The number of nitrogens with zero attached hydrogens (tertiary/aromatic N) is 1. The Morgan fingerprint density at radius 3 is 2.55 bits per heavy atom. The van der Waals surface area contributed by atoms with E-state index in [1.54, 1.807) is 0 Å². The standard InChI is InChI=1S/C20H25N3O2.C4H4O4/c1-3-14(11-24)22-20(25)13-7-16-15-5-4-6-17-19(15)12(9-21-17)8-18(16)23(2)10-13;5-3(6)1-2-4(7)8/h4-7,9,13-14,18,21,24H,3,8,10-11H2,1-2H3,(H,22,25);1-2H,(H,5,6)(H,7,8)/b;2-1+. The van der Waals surface area contributed by atoms with Gasteiger partial charge in [0.15, 0.2) is 0 Å². The zero-order valence-corrected chi connectivity index (χ0v) is 18.6. The van der Waals surface area contributed by atoms with Crippen LogP contribution < -0.4 is 5.32 Å². The van der Waals surface area contributed by atoms with Crippen LogP contribution in [0.15, 0.2) is 42.6 Å². The number of carboxylic acid groups (broad SMARTS) is 2. The first kappa shape index (κ1) is 24.2. The van der Waals surface area contributed by atoms with Crippen molar-refractivity contribution in [1.29, 1.82) is 0 Å². The summed E-state index contributed by atoms with van der Waals surface area (Å²) in [5, 5.41) is 29.2. The van der Waals surface area contributed by atoms with Gasteiger partial charge in [0.1, 0.15) is 0 Å². The van der Waals surface area contributed by atoms with Gasteiger partial charge in [-0.2, -0.15) is 0 Å². The van der Waals surface area contributed by atoms with Crippen LogP contribution in [0, 0.1) is 5.92 Å². The van der Waals surface area contributed by atoms with Crippen LogP contribution in [0.1, 0.15) is 24.5 Å². The fraction of sp³-hybridized carbons (Fsp3) is 0.375. The molecule has 5 N–H and O–H groups in total. The lowest BCUT2D eigenvalue weighted by Crippen LogP contribution is -2.48. The fourth-order valence-corrected chi connectivity index (χ4v) is 4.34. The Bertz CT molecular complexity index is 1080. The Balaban J connectivity index is 0.000000331. The third kappa shape index (κ3) is 5.50. The molecule has 33 heavy (non-hydrogen) atoms. The topological polar surface area (TPSA) is 143 Å². The highest BCUT2D eigenvalue weighted by Gasteiger charge is 2.35. The zero-order chi connectivity index (χ0) is 24.1. The number of benzene rings is 1. The maximum Gasteiger partial charge on any atom is 0.328 e. The maximum atomic E-state index is 12.7. The minimum absolute atomic E-state index is 0.00532. The molecule has 1 amide bonds. The molecule has 0 saturated heterocycles. The number of amides is 1. The number of H-pyrrole nitrogens is 1. The van der Waals surface area contributed by atoms with Crippen LogP contribution in [0.2, 0.25) is 0 Å². The minimum atomic E-state index is -1.26. The van der Waals surface area contributed by atoms with Gasteiger partial charge < -0.3 is 25.6 Å². The lowest BCUT2D eigenvalue weighted by atomic mass is 9.80.